The Labute approximate surface area is 242 Å². The van der Waals surface area contributed by atoms with Crippen molar-refractivity contribution in [1.29, 1.82) is 0 Å². The number of hydrogen-bond acceptors (Lipinski definition) is 3. The van der Waals surface area contributed by atoms with Gasteiger partial charge in [0.15, 0.2) is 8.32 Å². The minimum atomic E-state index is -1.91. The number of nitrogens with one attached hydrogen (secondary N) is 1. The Morgan fingerprint density at radius 2 is 1.76 bits per heavy atom. The van der Waals surface area contributed by atoms with Crippen molar-refractivity contribution in [3.05, 3.63) is 59.3 Å². The zero-order valence-corrected chi connectivity index (χ0v) is 25.8. The second-order valence-corrected chi connectivity index (χ2v) is 17.8. The van der Waals surface area contributed by atoms with E-state index in [1.165, 1.54) is 24.8 Å². The molecule has 8 heteroatoms. The molecule has 0 atom stereocenters. The highest BCUT2D eigenvalue weighted by Gasteiger charge is 2.37. The minimum absolute atomic E-state index is 0.119. The van der Waals surface area contributed by atoms with Crippen molar-refractivity contribution in [3.63, 3.8) is 0 Å². The second kappa shape index (κ2) is 11.1. The topological polar surface area (TPSA) is 105 Å². The zero-order chi connectivity index (χ0) is 29.5. The van der Waals surface area contributed by atoms with Crippen LogP contribution in [-0.4, -0.2) is 46.6 Å². The van der Waals surface area contributed by atoms with Crippen molar-refractivity contribution in [3.8, 4) is 11.3 Å². The summed E-state index contributed by atoms with van der Waals surface area (Å²) in [5.74, 6) is -1.58. The average molecular weight is 575 g/mol. The van der Waals surface area contributed by atoms with Crippen LogP contribution in [0.25, 0.3) is 33.1 Å². The summed E-state index contributed by atoms with van der Waals surface area (Å²) in [7, 11) is -1.91. The molecule has 0 saturated heterocycles. The van der Waals surface area contributed by atoms with Crippen LogP contribution in [0.4, 0.5) is 0 Å². The van der Waals surface area contributed by atoms with E-state index in [1.807, 2.05) is 18.2 Å². The smallest absolute Gasteiger partial charge is 0.352 e. The highest BCUT2D eigenvalue weighted by molar-refractivity contribution is 6.74. The van der Waals surface area contributed by atoms with E-state index in [1.54, 1.807) is 18.2 Å². The maximum atomic E-state index is 12.0. The van der Waals surface area contributed by atoms with Crippen LogP contribution >= 0.6 is 0 Å². The molecule has 0 aliphatic heterocycles. The number of rotatable bonds is 9. The fraction of sp³-hybridized carbons (Fsp3) is 0.455. The Bertz CT molecular complexity index is 1600. The first-order chi connectivity index (χ1) is 19.4. The molecule has 0 unspecified atom stereocenters. The van der Waals surface area contributed by atoms with E-state index in [9.17, 15) is 19.8 Å². The molecule has 7 nitrogen and oxygen atoms in total. The summed E-state index contributed by atoms with van der Waals surface area (Å²) in [5, 5.41) is 21.6. The van der Waals surface area contributed by atoms with E-state index in [-0.39, 0.29) is 16.3 Å². The molecule has 1 aliphatic rings. The number of carbonyl (C=O) groups is 2. The second-order valence-electron chi connectivity index (χ2n) is 13.0. The molecule has 1 fully saturated rings. The van der Waals surface area contributed by atoms with Gasteiger partial charge in [0.2, 0.25) is 0 Å². The quantitative estimate of drug-likeness (QED) is 0.137. The number of aryl methyl sites for hydroxylation is 1. The third-order valence-corrected chi connectivity index (χ3v) is 13.8. The van der Waals surface area contributed by atoms with Gasteiger partial charge < -0.3 is 24.2 Å². The Balaban J connectivity index is 1.70. The van der Waals surface area contributed by atoms with Gasteiger partial charge in [-0.15, -0.1) is 0 Å². The Hall–Kier alpha value is -3.36. The first kappa shape index (κ1) is 29.1. The summed E-state index contributed by atoms with van der Waals surface area (Å²) in [6, 6.07) is 13.2. The number of hydrogen-bond donors (Lipinski definition) is 3. The molecule has 3 N–H and O–H groups in total. The summed E-state index contributed by atoms with van der Waals surface area (Å²) >= 11 is 0. The summed E-state index contributed by atoms with van der Waals surface area (Å²) in [4.78, 5) is 27.1. The van der Waals surface area contributed by atoms with Crippen molar-refractivity contribution in [1.82, 2.24) is 9.55 Å². The molecule has 2 aromatic heterocycles. The SMILES string of the molecule is CC(C)(C)[Si](C)(C)OCCCn1c(-c2cccc3cc(C(=O)O)[nH]c23)c(C2CCCCC2)c2ccc(C(=O)O)cc21. The summed E-state index contributed by atoms with van der Waals surface area (Å²) in [6.07, 6.45) is 6.52. The number of aromatic carboxylic acids is 2. The molecule has 41 heavy (non-hydrogen) atoms. The van der Waals surface area contributed by atoms with E-state index in [4.69, 9.17) is 4.43 Å². The number of fused-ring (bicyclic) bond motifs is 2. The average Bonchev–Trinajstić information content (AvgIpc) is 3.50. The molecule has 2 aromatic carbocycles. The number of H-pyrrole nitrogens is 1. The van der Waals surface area contributed by atoms with E-state index < -0.39 is 20.3 Å². The normalized spacial score (nSPS) is 15.1. The molecule has 2 heterocycles. The van der Waals surface area contributed by atoms with Gasteiger partial charge >= 0.3 is 11.9 Å². The summed E-state index contributed by atoms with van der Waals surface area (Å²) in [6.45, 7) is 12.5. The van der Waals surface area contributed by atoms with Gasteiger partial charge in [-0.25, -0.2) is 9.59 Å². The van der Waals surface area contributed by atoms with Crippen LogP contribution in [0.1, 0.15) is 91.6 Å². The van der Waals surface area contributed by atoms with E-state index in [0.29, 0.717) is 19.1 Å². The fourth-order valence-corrected chi connectivity index (χ4v) is 7.16. The minimum Gasteiger partial charge on any atom is -0.478 e. The maximum Gasteiger partial charge on any atom is 0.352 e. The van der Waals surface area contributed by atoms with Crippen molar-refractivity contribution in [2.45, 2.75) is 89.9 Å². The molecular formula is C33H42N2O5Si. The molecular weight excluding hydrogens is 532 g/mol. The number of carboxylic acids is 2. The Morgan fingerprint density at radius 1 is 1.02 bits per heavy atom. The van der Waals surface area contributed by atoms with Gasteiger partial charge in [-0.1, -0.05) is 64.3 Å². The lowest BCUT2D eigenvalue weighted by Gasteiger charge is -2.36. The van der Waals surface area contributed by atoms with E-state index in [2.05, 4.69) is 49.5 Å². The first-order valence-electron chi connectivity index (χ1n) is 14.8. The van der Waals surface area contributed by atoms with Crippen molar-refractivity contribution < 1.29 is 24.2 Å². The molecule has 0 bridgehead atoms. The van der Waals surface area contributed by atoms with Gasteiger partial charge in [-0.05, 0) is 67.1 Å². The van der Waals surface area contributed by atoms with Gasteiger partial charge in [-0.3, -0.25) is 0 Å². The number of carboxylic acid groups (broad SMARTS) is 2. The van der Waals surface area contributed by atoms with Gasteiger partial charge in [-0.2, -0.15) is 0 Å². The predicted molar refractivity (Wildman–Crippen MR) is 167 cm³/mol. The standard InChI is InChI=1S/C33H42N2O5Si/c1-33(2,3)41(4,5)40-18-10-17-35-27-20-23(31(36)37)15-16-24(27)28(21-11-7-6-8-12-21)30(35)25-14-9-13-22-19-26(32(38)39)34-29(22)25/h9,13-16,19-21,34H,6-8,10-12,17-18H2,1-5H3,(H,36,37)(H,38,39). The van der Waals surface area contributed by atoms with Crippen LogP contribution in [0.5, 0.6) is 0 Å². The Kier molecular flexibility index (Phi) is 7.92. The lowest BCUT2D eigenvalue weighted by atomic mass is 9.81. The largest absolute Gasteiger partial charge is 0.478 e. The van der Waals surface area contributed by atoms with Crippen molar-refractivity contribution in [2.75, 3.05) is 6.61 Å². The summed E-state index contributed by atoms with van der Waals surface area (Å²) < 4.78 is 8.79. The highest BCUT2D eigenvalue weighted by atomic mass is 28.4. The fourth-order valence-electron chi connectivity index (χ4n) is 6.07. The van der Waals surface area contributed by atoms with Crippen LogP contribution < -0.4 is 0 Å². The molecule has 0 amide bonds. The number of aromatic nitrogens is 2. The van der Waals surface area contributed by atoms with Gasteiger partial charge in [0.05, 0.1) is 16.8 Å². The van der Waals surface area contributed by atoms with E-state index >= 15 is 0 Å². The molecule has 0 radical (unpaired) electrons. The predicted octanol–water partition coefficient (Wildman–Crippen LogP) is 8.65. The molecule has 1 aliphatic carbocycles. The summed E-state index contributed by atoms with van der Waals surface area (Å²) in [5.41, 5.74) is 5.39. The molecule has 1 saturated carbocycles. The van der Waals surface area contributed by atoms with Crippen molar-refractivity contribution >= 4 is 42.1 Å². The van der Waals surface area contributed by atoms with Crippen LogP contribution in [0, 0.1) is 0 Å². The van der Waals surface area contributed by atoms with Crippen LogP contribution in [0.3, 0.4) is 0 Å². The zero-order valence-electron chi connectivity index (χ0n) is 24.8. The number of nitrogens with zero attached hydrogens (tertiary/aromatic N) is 1. The lowest BCUT2D eigenvalue weighted by molar-refractivity contribution is 0.0683. The molecule has 0 spiro atoms. The van der Waals surface area contributed by atoms with Gasteiger partial charge in [0.1, 0.15) is 5.69 Å². The van der Waals surface area contributed by atoms with Gasteiger partial charge in [0, 0.05) is 35.0 Å². The van der Waals surface area contributed by atoms with Crippen LogP contribution in [0.15, 0.2) is 42.5 Å². The van der Waals surface area contributed by atoms with E-state index in [0.717, 1.165) is 52.3 Å². The monoisotopic (exact) mass is 574 g/mol. The third kappa shape index (κ3) is 5.59. The lowest BCUT2D eigenvalue weighted by Crippen LogP contribution is -2.41. The number of aromatic amines is 1. The number of para-hydroxylation sites is 1. The molecule has 4 aromatic rings. The molecule has 5 rings (SSSR count). The van der Waals surface area contributed by atoms with Crippen LogP contribution in [0.2, 0.25) is 18.1 Å². The Morgan fingerprint density at radius 3 is 2.41 bits per heavy atom. The maximum absolute atomic E-state index is 12.0. The molecule has 218 valence electrons. The van der Waals surface area contributed by atoms with Crippen molar-refractivity contribution in [2.24, 2.45) is 0 Å². The third-order valence-electron chi connectivity index (χ3n) is 9.30. The highest BCUT2D eigenvalue weighted by Crippen LogP contribution is 2.46. The number of benzene rings is 2. The van der Waals surface area contributed by atoms with Gasteiger partial charge in [0.25, 0.3) is 0 Å². The van der Waals surface area contributed by atoms with Crippen LogP contribution in [-0.2, 0) is 11.0 Å². The first-order valence-corrected chi connectivity index (χ1v) is 17.7.